The van der Waals surface area contributed by atoms with Gasteiger partial charge in [-0.15, -0.1) is 0 Å². The number of likely N-dealkylation sites (N-methyl/N-ethyl adjacent to an activating group) is 1. The van der Waals surface area contributed by atoms with Gasteiger partial charge in [-0.05, 0) is 38.6 Å². The molecule has 0 unspecified atom stereocenters. The van der Waals surface area contributed by atoms with E-state index in [1.165, 1.54) is 19.3 Å². The molecule has 1 N–H and O–H groups in total. The van der Waals surface area contributed by atoms with Crippen LogP contribution in [0.15, 0.2) is 0 Å². The Morgan fingerprint density at radius 1 is 1.33 bits per heavy atom. The molecular weight excluding hydrogens is 190 g/mol. The first-order valence-electron chi connectivity index (χ1n) is 6.10. The van der Waals surface area contributed by atoms with Crippen LogP contribution in [-0.4, -0.2) is 35.1 Å². The summed E-state index contributed by atoms with van der Waals surface area (Å²) in [5.74, 6) is 0.165. The maximum absolute atomic E-state index is 11.5. The highest BCUT2D eigenvalue weighted by atomic mass is 16.4. The molecule has 2 rings (SSSR count). The van der Waals surface area contributed by atoms with Crippen molar-refractivity contribution < 1.29 is 9.90 Å². The Hall–Kier alpha value is -0.570. The highest BCUT2D eigenvalue weighted by Crippen LogP contribution is 2.37. The van der Waals surface area contributed by atoms with Gasteiger partial charge in [-0.3, -0.25) is 9.69 Å². The molecule has 15 heavy (non-hydrogen) atoms. The van der Waals surface area contributed by atoms with E-state index in [9.17, 15) is 9.90 Å². The van der Waals surface area contributed by atoms with Crippen LogP contribution in [-0.2, 0) is 4.79 Å². The highest BCUT2D eigenvalue weighted by molar-refractivity contribution is 5.78. The van der Waals surface area contributed by atoms with Crippen LogP contribution in [0.25, 0.3) is 0 Å². The minimum atomic E-state index is -0.606. The third-order valence-corrected chi connectivity index (χ3v) is 4.04. The first-order valence-corrected chi connectivity index (χ1v) is 6.10. The van der Waals surface area contributed by atoms with Crippen molar-refractivity contribution in [2.24, 2.45) is 5.92 Å². The van der Waals surface area contributed by atoms with Gasteiger partial charge in [0.15, 0.2) is 0 Å². The molecule has 0 radical (unpaired) electrons. The number of carbonyl (C=O) groups is 1. The van der Waals surface area contributed by atoms with E-state index in [1.807, 2.05) is 7.05 Å². The fourth-order valence-electron chi connectivity index (χ4n) is 2.76. The van der Waals surface area contributed by atoms with E-state index >= 15 is 0 Å². The molecule has 0 saturated heterocycles. The molecule has 0 heterocycles. The topological polar surface area (TPSA) is 40.5 Å². The SMILES string of the molecule is CN(CC1CC1)C1(C(=O)O)CCCCC1. The van der Waals surface area contributed by atoms with Crippen LogP contribution in [0.4, 0.5) is 0 Å². The van der Waals surface area contributed by atoms with Gasteiger partial charge in [0.2, 0.25) is 0 Å². The average molecular weight is 211 g/mol. The van der Waals surface area contributed by atoms with E-state index in [0.717, 1.165) is 38.1 Å². The zero-order valence-electron chi connectivity index (χ0n) is 9.54. The molecule has 3 heteroatoms. The number of carboxylic acids is 1. The van der Waals surface area contributed by atoms with Crippen molar-refractivity contribution in [1.82, 2.24) is 4.90 Å². The van der Waals surface area contributed by atoms with Crippen LogP contribution in [0.3, 0.4) is 0 Å². The van der Waals surface area contributed by atoms with Gasteiger partial charge in [-0.1, -0.05) is 19.3 Å². The molecule has 0 aliphatic heterocycles. The van der Waals surface area contributed by atoms with E-state index in [2.05, 4.69) is 4.90 Å². The predicted molar refractivity (Wildman–Crippen MR) is 58.8 cm³/mol. The maximum Gasteiger partial charge on any atom is 0.324 e. The Morgan fingerprint density at radius 3 is 2.40 bits per heavy atom. The second-order valence-electron chi connectivity index (χ2n) is 5.22. The van der Waals surface area contributed by atoms with Crippen LogP contribution in [0, 0.1) is 5.92 Å². The molecule has 3 nitrogen and oxygen atoms in total. The minimum absolute atomic E-state index is 0.541. The Morgan fingerprint density at radius 2 is 1.93 bits per heavy atom. The Balaban J connectivity index is 2.04. The first kappa shape index (κ1) is 10.9. The smallest absolute Gasteiger partial charge is 0.324 e. The lowest BCUT2D eigenvalue weighted by molar-refractivity contribution is -0.153. The molecule has 86 valence electrons. The van der Waals surface area contributed by atoms with Crippen molar-refractivity contribution in [2.75, 3.05) is 13.6 Å². The van der Waals surface area contributed by atoms with Gasteiger partial charge in [-0.2, -0.15) is 0 Å². The lowest BCUT2D eigenvalue weighted by Gasteiger charge is -2.41. The van der Waals surface area contributed by atoms with E-state index in [0.29, 0.717) is 0 Å². The molecule has 0 bridgehead atoms. The molecule has 0 aromatic carbocycles. The van der Waals surface area contributed by atoms with Crippen molar-refractivity contribution in [3.63, 3.8) is 0 Å². The molecule has 2 aliphatic carbocycles. The molecule has 0 amide bonds. The molecule has 0 aromatic rings. The summed E-state index contributed by atoms with van der Waals surface area (Å²) in [6.07, 6.45) is 7.60. The van der Waals surface area contributed by atoms with E-state index in [1.54, 1.807) is 0 Å². The van der Waals surface area contributed by atoms with Crippen LogP contribution in [0.2, 0.25) is 0 Å². The number of rotatable bonds is 4. The second-order valence-corrected chi connectivity index (χ2v) is 5.22. The van der Waals surface area contributed by atoms with Crippen molar-refractivity contribution >= 4 is 5.97 Å². The molecule has 2 saturated carbocycles. The summed E-state index contributed by atoms with van der Waals surface area (Å²) >= 11 is 0. The average Bonchev–Trinajstić information content (AvgIpc) is 3.02. The standard InChI is InChI=1S/C12H21NO2/c1-13(9-10-5-6-10)12(11(14)15)7-3-2-4-8-12/h10H,2-9H2,1H3,(H,14,15). The monoisotopic (exact) mass is 211 g/mol. The third-order valence-electron chi connectivity index (χ3n) is 4.04. The van der Waals surface area contributed by atoms with Crippen molar-refractivity contribution in [2.45, 2.75) is 50.5 Å². The van der Waals surface area contributed by atoms with Gasteiger partial charge in [0, 0.05) is 6.54 Å². The highest BCUT2D eigenvalue weighted by Gasteiger charge is 2.44. The third kappa shape index (κ3) is 2.17. The maximum atomic E-state index is 11.5. The zero-order chi connectivity index (χ0) is 10.9. The van der Waals surface area contributed by atoms with Gasteiger partial charge < -0.3 is 5.11 Å². The van der Waals surface area contributed by atoms with Gasteiger partial charge in [-0.25, -0.2) is 0 Å². The summed E-state index contributed by atoms with van der Waals surface area (Å²) in [4.78, 5) is 13.6. The van der Waals surface area contributed by atoms with E-state index in [4.69, 9.17) is 0 Å². The Bertz CT molecular complexity index is 242. The van der Waals surface area contributed by atoms with Crippen LogP contribution >= 0.6 is 0 Å². The predicted octanol–water partition coefficient (Wildman–Crippen LogP) is 2.12. The van der Waals surface area contributed by atoms with Gasteiger partial charge in [0.1, 0.15) is 5.54 Å². The molecule has 0 spiro atoms. The van der Waals surface area contributed by atoms with Crippen molar-refractivity contribution in [3.8, 4) is 0 Å². The number of carboxylic acid groups (broad SMARTS) is 1. The van der Waals surface area contributed by atoms with Gasteiger partial charge in [0.05, 0.1) is 0 Å². The second kappa shape index (κ2) is 4.12. The molecular formula is C12H21NO2. The van der Waals surface area contributed by atoms with Crippen molar-refractivity contribution in [3.05, 3.63) is 0 Å². The molecule has 2 aliphatic rings. The molecule has 0 atom stereocenters. The number of hydrogen-bond acceptors (Lipinski definition) is 2. The van der Waals surface area contributed by atoms with Gasteiger partial charge in [0.25, 0.3) is 0 Å². The van der Waals surface area contributed by atoms with E-state index < -0.39 is 11.5 Å². The van der Waals surface area contributed by atoms with Crippen molar-refractivity contribution in [1.29, 1.82) is 0 Å². The summed E-state index contributed by atoms with van der Waals surface area (Å²) in [5.41, 5.74) is -0.541. The van der Waals surface area contributed by atoms with Crippen LogP contribution in [0.5, 0.6) is 0 Å². The minimum Gasteiger partial charge on any atom is -0.480 e. The van der Waals surface area contributed by atoms with Gasteiger partial charge >= 0.3 is 5.97 Å². The quantitative estimate of drug-likeness (QED) is 0.774. The lowest BCUT2D eigenvalue weighted by atomic mass is 9.80. The fraction of sp³-hybridized carbons (Fsp3) is 0.917. The summed E-state index contributed by atoms with van der Waals surface area (Å²) in [7, 11) is 2.00. The summed E-state index contributed by atoms with van der Waals surface area (Å²) in [6, 6.07) is 0. The largest absolute Gasteiger partial charge is 0.480 e. The number of nitrogens with zero attached hydrogens (tertiary/aromatic N) is 1. The Labute approximate surface area is 91.5 Å². The normalized spacial score (nSPS) is 25.5. The van der Waals surface area contributed by atoms with Crippen LogP contribution < -0.4 is 0 Å². The summed E-state index contributed by atoms with van der Waals surface area (Å²) in [5, 5.41) is 9.45. The number of hydrogen-bond donors (Lipinski definition) is 1. The number of aliphatic carboxylic acids is 1. The summed E-state index contributed by atoms with van der Waals surface area (Å²) < 4.78 is 0. The van der Waals surface area contributed by atoms with Crippen LogP contribution in [0.1, 0.15) is 44.9 Å². The van der Waals surface area contributed by atoms with E-state index in [-0.39, 0.29) is 0 Å². The zero-order valence-corrected chi connectivity index (χ0v) is 9.54. The lowest BCUT2D eigenvalue weighted by Crippen LogP contribution is -2.54. The molecule has 0 aromatic heterocycles. The molecule has 2 fully saturated rings. The summed E-state index contributed by atoms with van der Waals surface area (Å²) in [6.45, 7) is 0.978. The first-order chi connectivity index (χ1) is 7.15. The Kier molecular flexibility index (Phi) is 3.01. The fourth-order valence-corrected chi connectivity index (χ4v) is 2.76.